The zero-order valence-corrected chi connectivity index (χ0v) is 8.62. The summed E-state index contributed by atoms with van der Waals surface area (Å²) in [6.07, 6.45) is 0. The highest BCUT2D eigenvalue weighted by atomic mass is 35.5. The van der Waals surface area contributed by atoms with Gasteiger partial charge in [0.25, 0.3) is 5.56 Å². The molecule has 5 nitrogen and oxygen atoms in total. The molecule has 16 heavy (non-hydrogen) atoms. The van der Waals surface area contributed by atoms with E-state index in [1.165, 1.54) is 0 Å². The average molecular weight is 240 g/mol. The first-order valence-corrected chi connectivity index (χ1v) is 4.68. The van der Waals surface area contributed by atoms with E-state index < -0.39 is 17.1 Å². The lowest BCUT2D eigenvalue weighted by Crippen LogP contribution is -2.12. The van der Waals surface area contributed by atoms with Gasteiger partial charge in [-0.3, -0.25) is 4.79 Å². The van der Waals surface area contributed by atoms with Crippen molar-refractivity contribution in [2.24, 2.45) is 0 Å². The zero-order valence-electron chi connectivity index (χ0n) is 7.86. The second kappa shape index (κ2) is 3.86. The van der Waals surface area contributed by atoms with Crippen molar-refractivity contribution in [2.45, 2.75) is 0 Å². The van der Waals surface area contributed by atoms with E-state index in [0.717, 1.165) is 0 Å². The van der Waals surface area contributed by atoms with E-state index in [0.29, 0.717) is 10.6 Å². The van der Waals surface area contributed by atoms with Crippen molar-refractivity contribution in [3.05, 3.63) is 45.2 Å². The van der Waals surface area contributed by atoms with Gasteiger partial charge < -0.3 is 9.63 Å². The first-order valence-electron chi connectivity index (χ1n) is 4.30. The number of rotatable bonds is 2. The largest absolute Gasteiger partial charge is 0.477 e. The number of carbonyl (C=O) groups is 1. The normalized spacial score (nSPS) is 10.3. The topological polar surface area (TPSA) is 83.3 Å². The van der Waals surface area contributed by atoms with E-state index in [1.807, 2.05) is 5.16 Å². The fourth-order valence-corrected chi connectivity index (χ4v) is 1.43. The third-order valence-electron chi connectivity index (χ3n) is 2.02. The third kappa shape index (κ3) is 1.72. The number of carboxylic acid groups (broad SMARTS) is 1. The van der Waals surface area contributed by atoms with Crippen LogP contribution in [0.15, 0.2) is 33.6 Å². The van der Waals surface area contributed by atoms with Crippen LogP contribution in [0.25, 0.3) is 11.3 Å². The third-order valence-corrected chi connectivity index (χ3v) is 2.27. The molecule has 0 bridgehead atoms. The number of carboxylic acids is 1. The van der Waals surface area contributed by atoms with Gasteiger partial charge in [-0.1, -0.05) is 11.6 Å². The zero-order chi connectivity index (χ0) is 11.7. The molecule has 0 aliphatic rings. The molecule has 1 heterocycles. The molecule has 0 spiro atoms. The Morgan fingerprint density at radius 1 is 1.31 bits per heavy atom. The smallest absolute Gasteiger partial charge is 0.345 e. The van der Waals surface area contributed by atoms with Crippen LogP contribution in [0, 0.1) is 0 Å². The molecule has 2 aromatic rings. The number of nitrogens with one attached hydrogen (secondary N) is 1. The number of benzene rings is 1. The summed E-state index contributed by atoms with van der Waals surface area (Å²) in [5.41, 5.74) is -0.708. The summed E-state index contributed by atoms with van der Waals surface area (Å²) < 4.78 is 4.82. The standard InChI is InChI=1S/C10H6ClNO4/c11-6-3-1-5(2-4-6)8-7(10(14)15)9(13)12-16-8/h1-4H,(H,12,13)(H,14,15). The SMILES string of the molecule is O=C(O)c1c(-c2ccc(Cl)cc2)o[nH]c1=O. The fraction of sp³-hybridized carbons (Fsp3) is 0. The molecule has 0 atom stereocenters. The Kier molecular flexibility index (Phi) is 2.54. The average Bonchev–Trinajstić information content (AvgIpc) is 2.61. The molecule has 0 aliphatic heterocycles. The van der Waals surface area contributed by atoms with Crippen molar-refractivity contribution >= 4 is 17.6 Å². The quantitative estimate of drug-likeness (QED) is 0.839. The number of hydrogen-bond acceptors (Lipinski definition) is 3. The predicted octanol–water partition coefficient (Wildman–Crippen LogP) is 1.99. The van der Waals surface area contributed by atoms with Crippen LogP contribution in [0.4, 0.5) is 0 Å². The Balaban J connectivity index is 2.60. The number of aromatic carboxylic acids is 1. The van der Waals surface area contributed by atoms with Crippen LogP contribution in [0.5, 0.6) is 0 Å². The van der Waals surface area contributed by atoms with Crippen molar-refractivity contribution in [1.82, 2.24) is 5.16 Å². The Hall–Kier alpha value is -2.01. The second-order valence-corrected chi connectivity index (χ2v) is 3.49. The van der Waals surface area contributed by atoms with Crippen LogP contribution in [-0.2, 0) is 0 Å². The van der Waals surface area contributed by atoms with E-state index >= 15 is 0 Å². The van der Waals surface area contributed by atoms with Gasteiger partial charge in [-0.05, 0) is 24.3 Å². The van der Waals surface area contributed by atoms with E-state index in [2.05, 4.69) is 0 Å². The minimum Gasteiger partial charge on any atom is -0.477 e. The molecule has 1 aromatic carbocycles. The summed E-state index contributed by atoms with van der Waals surface area (Å²) in [7, 11) is 0. The molecule has 0 aliphatic carbocycles. The van der Waals surface area contributed by atoms with Crippen LogP contribution in [0.2, 0.25) is 5.02 Å². The first-order chi connectivity index (χ1) is 7.59. The number of hydrogen-bond donors (Lipinski definition) is 2. The van der Waals surface area contributed by atoms with Crippen molar-refractivity contribution in [2.75, 3.05) is 0 Å². The molecule has 6 heteroatoms. The van der Waals surface area contributed by atoms with Gasteiger partial charge in [-0.2, -0.15) is 5.16 Å². The molecular formula is C10H6ClNO4. The minimum absolute atomic E-state index is 0.00540. The molecule has 0 unspecified atom stereocenters. The Bertz CT molecular complexity index is 582. The van der Waals surface area contributed by atoms with Gasteiger partial charge in [-0.25, -0.2) is 4.79 Å². The van der Waals surface area contributed by atoms with Gasteiger partial charge in [0.15, 0.2) is 11.3 Å². The highest BCUT2D eigenvalue weighted by Crippen LogP contribution is 2.22. The Labute approximate surface area is 94.2 Å². The summed E-state index contributed by atoms with van der Waals surface area (Å²) >= 11 is 5.69. The van der Waals surface area contributed by atoms with Gasteiger partial charge in [0, 0.05) is 10.6 Å². The van der Waals surface area contributed by atoms with Crippen LogP contribution in [0.3, 0.4) is 0 Å². The van der Waals surface area contributed by atoms with Crippen LogP contribution >= 0.6 is 11.6 Å². The van der Waals surface area contributed by atoms with E-state index in [9.17, 15) is 9.59 Å². The lowest BCUT2D eigenvalue weighted by molar-refractivity contribution is 0.0696. The molecule has 0 saturated carbocycles. The van der Waals surface area contributed by atoms with Gasteiger partial charge in [0.1, 0.15) is 0 Å². The van der Waals surface area contributed by atoms with Crippen molar-refractivity contribution in [3.63, 3.8) is 0 Å². The Morgan fingerprint density at radius 3 is 2.50 bits per heavy atom. The molecule has 1 aromatic heterocycles. The number of aromatic amines is 1. The lowest BCUT2D eigenvalue weighted by Gasteiger charge is -1.97. The van der Waals surface area contributed by atoms with Gasteiger partial charge in [-0.15, -0.1) is 0 Å². The highest BCUT2D eigenvalue weighted by molar-refractivity contribution is 6.30. The number of halogens is 1. The first kappa shape index (κ1) is 10.5. The van der Waals surface area contributed by atoms with Crippen molar-refractivity contribution in [3.8, 4) is 11.3 Å². The molecule has 0 fully saturated rings. The van der Waals surface area contributed by atoms with Crippen molar-refractivity contribution < 1.29 is 14.4 Å². The van der Waals surface area contributed by atoms with Crippen LogP contribution < -0.4 is 5.56 Å². The highest BCUT2D eigenvalue weighted by Gasteiger charge is 2.20. The summed E-state index contributed by atoms with van der Waals surface area (Å²) in [5, 5.41) is 11.3. The van der Waals surface area contributed by atoms with Gasteiger partial charge in [0.05, 0.1) is 0 Å². The molecule has 2 rings (SSSR count). The molecule has 82 valence electrons. The maximum Gasteiger partial charge on any atom is 0.345 e. The molecule has 2 N–H and O–H groups in total. The summed E-state index contributed by atoms with van der Waals surface area (Å²) in [5.74, 6) is -1.34. The lowest BCUT2D eigenvalue weighted by atomic mass is 10.1. The van der Waals surface area contributed by atoms with Crippen LogP contribution in [-0.4, -0.2) is 16.2 Å². The summed E-state index contributed by atoms with van der Waals surface area (Å²) in [4.78, 5) is 22.0. The molecule has 0 saturated heterocycles. The van der Waals surface area contributed by atoms with E-state index in [-0.39, 0.29) is 5.76 Å². The monoisotopic (exact) mass is 239 g/mol. The van der Waals surface area contributed by atoms with Gasteiger partial charge >= 0.3 is 5.97 Å². The minimum atomic E-state index is -1.33. The number of aromatic nitrogens is 1. The molecule has 0 amide bonds. The summed E-state index contributed by atoms with van der Waals surface area (Å²) in [6, 6.07) is 6.30. The van der Waals surface area contributed by atoms with Crippen molar-refractivity contribution in [1.29, 1.82) is 0 Å². The van der Waals surface area contributed by atoms with E-state index in [4.69, 9.17) is 21.2 Å². The predicted molar refractivity (Wildman–Crippen MR) is 56.7 cm³/mol. The fourth-order valence-electron chi connectivity index (χ4n) is 1.30. The maximum absolute atomic E-state index is 11.2. The Morgan fingerprint density at radius 2 is 1.94 bits per heavy atom. The number of H-pyrrole nitrogens is 1. The molecule has 0 radical (unpaired) electrons. The van der Waals surface area contributed by atoms with E-state index in [1.54, 1.807) is 24.3 Å². The van der Waals surface area contributed by atoms with Gasteiger partial charge in [0.2, 0.25) is 0 Å². The second-order valence-electron chi connectivity index (χ2n) is 3.05. The van der Waals surface area contributed by atoms with Crippen LogP contribution in [0.1, 0.15) is 10.4 Å². The summed E-state index contributed by atoms with van der Waals surface area (Å²) in [6.45, 7) is 0. The maximum atomic E-state index is 11.2. The molecular weight excluding hydrogens is 234 g/mol.